The molecular formula is C17H24N2O. The standard InChI is InChI=1S/C17H24N2O/c20-17(19-12-10-14-7-4-11-18-14)16-9-3-6-13-5-1-2-8-15(13)16/h1-2,5,8,14,16,18H,3-4,6-7,9-12H2,(H,19,20)/t14-,16?/m0/s1. The van der Waals surface area contributed by atoms with Crippen molar-refractivity contribution in [3.05, 3.63) is 35.4 Å². The highest BCUT2D eigenvalue weighted by Crippen LogP contribution is 2.31. The number of hydrogen-bond donors (Lipinski definition) is 2. The van der Waals surface area contributed by atoms with Gasteiger partial charge in [0, 0.05) is 12.6 Å². The largest absolute Gasteiger partial charge is 0.356 e. The number of carbonyl (C=O) groups excluding carboxylic acids is 1. The molecule has 1 saturated heterocycles. The van der Waals surface area contributed by atoms with E-state index < -0.39 is 0 Å². The minimum absolute atomic E-state index is 0.0662. The Morgan fingerprint density at radius 1 is 1.25 bits per heavy atom. The second-order valence-electron chi connectivity index (χ2n) is 6.02. The third-order valence-corrected chi connectivity index (χ3v) is 4.64. The lowest BCUT2D eigenvalue weighted by atomic mass is 9.82. The number of rotatable bonds is 4. The zero-order valence-corrected chi connectivity index (χ0v) is 12.0. The Kier molecular flexibility index (Phi) is 4.36. The molecule has 3 nitrogen and oxygen atoms in total. The average Bonchev–Trinajstić information content (AvgIpc) is 3.00. The number of fused-ring (bicyclic) bond motifs is 1. The van der Waals surface area contributed by atoms with Crippen LogP contribution in [0.5, 0.6) is 0 Å². The maximum atomic E-state index is 12.4. The number of aryl methyl sites for hydroxylation is 1. The maximum absolute atomic E-state index is 12.4. The molecule has 0 radical (unpaired) electrons. The van der Waals surface area contributed by atoms with Gasteiger partial charge in [-0.25, -0.2) is 0 Å². The lowest BCUT2D eigenvalue weighted by molar-refractivity contribution is -0.122. The molecule has 2 N–H and O–H groups in total. The molecule has 1 aromatic carbocycles. The molecular weight excluding hydrogens is 248 g/mol. The molecule has 0 spiro atoms. The zero-order chi connectivity index (χ0) is 13.8. The number of benzene rings is 1. The predicted octanol–water partition coefficient (Wildman–Crippen LogP) is 2.36. The van der Waals surface area contributed by atoms with Crippen molar-refractivity contribution in [1.29, 1.82) is 0 Å². The van der Waals surface area contributed by atoms with Gasteiger partial charge in [-0.1, -0.05) is 24.3 Å². The maximum Gasteiger partial charge on any atom is 0.227 e. The van der Waals surface area contributed by atoms with E-state index >= 15 is 0 Å². The van der Waals surface area contributed by atoms with Crippen LogP contribution < -0.4 is 10.6 Å². The molecule has 3 heteroatoms. The summed E-state index contributed by atoms with van der Waals surface area (Å²) in [7, 11) is 0. The van der Waals surface area contributed by atoms with Crippen molar-refractivity contribution in [2.24, 2.45) is 0 Å². The van der Waals surface area contributed by atoms with Gasteiger partial charge < -0.3 is 10.6 Å². The summed E-state index contributed by atoms with van der Waals surface area (Å²) in [4.78, 5) is 12.4. The minimum atomic E-state index is 0.0662. The van der Waals surface area contributed by atoms with Gasteiger partial charge in [0.05, 0.1) is 5.92 Å². The third kappa shape index (κ3) is 3.04. The minimum Gasteiger partial charge on any atom is -0.356 e. The van der Waals surface area contributed by atoms with Crippen molar-refractivity contribution < 1.29 is 4.79 Å². The summed E-state index contributed by atoms with van der Waals surface area (Å²) < 4.78 is 0. The van der Waals surface area contributed by atoms with Gasteiger partial charge in [-0.15, -0.1) is 0 Å². The zero-order valence-electron chi connectivity index (χ0n) is 12.0. The van der Waals surface area contributed by atoms with Gasteiger partial charge in [0.15, 0.2) is 0 Å². The predicted molar refractivity (Wildman–Crippen MR) is 80.8 cm³/mol. The molecule has 3 rings (SSSR count). The Bertz CT molecular complexity index is 466. The third-order valence-electron chi connectivity index (χ3n) is 4.64. The Morgan fingerprint density at radius 3 is 3.00 bits per heavy atom. The fraction of sp³-hybridized carbons (Fsp3) is 0.588. The fourth-order valence-electron chi connectivity index (χ4n) is 3.52. The van der Waals surface area contributed by atoms with E-state index in [4.69, 9.17) is 0 Å². The first-order valence-corrected chi connectivity index (χ1v) is 7.93. The molecule has 1 amide bonds. The molecule has 108 valence electrons. The van der Waals surface area contributed by atoms with E-state index in [1.54, 1.807) is 0 Å². The fourth-order valence-corrected chi connectivity index (χ4v) is 3.52. The van der Waals surface area contributed by atoms with E-state index in [1.165, 1.54) is 24.0 Å². The first-order chi connectivity index (χ1) is 9.84. The van der Waals surface area contributed by atoms with Crippen molar-refractivity contribution in [3.63, 3.8) is 0 Å². The number of amides is 1. The van der Waals surface area contributed by atoms with Gasteiger partial charge in [0.2, 0.25) is 5.91 Å². The van der Waals surface area contributed by atoms with E-state index in [0.717, 1.165) is 38.8 Å². The van der Waals surface area contributed by atoms with Crippen molar-refractivity contribution in [1.82, 2.24) is 10.6 Å². The van der Waals surface area contributed by atoms with Crippen LogP contribution in [0.2, 0.25) is 0 Å². The highest BCUT2D eigenvalue weighted by Gasteiger charge is 2.26. The van der Waals surface area contributed by atoms with E-state index in [9.17, 15) is 4.79 Å². The van der Waals surface area contributed by atoms with Gasteiger partial charge in [-0.3, -0.25) is 4.79 Å². The van der Waals surface area contributed by atoms with Crippen LogP contribution in [0, 0.1) is 0 Å². The molecule has 2 aliphatic rings. The molecule has 1 fully saturated rings. The summed E-state index contributed by atoms with van der Waals surface area (Å²) in [5.74, 6) is 0.284. The number of hydrogen-bond acceptors (Lipinski definition) is 2. The van der Waals surface area contributed by atoms with Crippen LogP contribution in [0.3, 0.4) is 0 Å². The van der Waals surface area contributed by atoms with Crippen LogP contribution in [0.15, 0.2) is 24.3 Å². The number of carbonyl (C=O) groups is 1. The second kappa shape index (κ2) is 6.40. The summed E-state index contributed by atoms with van der Waals surface area (Å²) in [5.41, 5.74) is 2.60. The summed E-state index contributed by atoms with van der Waals surface area (Å²) in [6.45, 7) is 1.93. The van der Waals surface area contributed by atoms with Gasteiger partial charge in [-0.2, -0.15) is 0 Å². The Labute approximate surface area is 121 Å². The van der Waals surface area contributed by atoms with E-state index in [1.807, 2.05) is 6.07 Å². The monoisotopic (exact) mass is 272 g/mol. The highest BCUT2D eigenvalue weighted by molar-refractivity contribution is 5.84. The van der Waals surface area contributed by atoms with E-state index in [0.29, 0.717) is 6.04 Å². The van der Waals surface area contributed by atoms with Crippen LogP contribution in [0.1, 0.15) is 49.1 Å². The van der Waals surface area contributed by atoms with Gasteiger partial charge in [0.1, 0.15) is 0 Å². The molecule has 20 heavy (non-hydrogen) atoms. The normalized spacial score (nSPS) is 25.2. The average molecular weight is 272 g/mol. The Morgan fingerprint density at radius 2 is 2.15 bits per heavy atom. The lowest BCUT2D eigenvalue weighted by Crippen LogP contribution is -2.34. The highest BCUT2D eigenvalue weighted by atomic mass is 16.1. The number of nitrogens with one attached hydrogen (secondary N) is 2. The first-order valence-electron chi connectivity index (χ1n) is 7.93. The van der Waals surface area contributed by atoms with Crippen molar-refractivity contribution in [2.45, 2.75) is 50.5 Å². The van der Waals surface area contributed by atoms with Gasteiger partial charge in [0.25, 0.3) is 0 Å². The molecule has 0 bridgehead atoms. The van der Waals surface area contributed by atoms with Crippen molar-refractivity contribution in [2.75, 3.05) is 13.1 Å². The van der Waals surface area contributed by atoms with Crippen LogP contribution in [0.25, 0.3) is 0 Å². The van der Waals surface area contributed by atoms with Gasteiger partial charge >= 0.3 is 0 Å². The quantitative estimate of drug-likeness (QED) is 0.883. The van der Waals surface area contributed by atoms with Gasteiger partial charge in [-0.05, 0) is 56.2 Å². The van der Waals surface area contributed by atoms with Crippen molar-refractivity contribution >= 4 is 5.91 Å². The van der Waals surface area contributed by atoms with Crippen LogP contribution in [-0.2, 0) is 11.2 Å². The Balaban J connectivity index is 1.55. The SMILES string of the molecule is O=C(NCC[C@@H]1CCCN1)C1CCCc2ccccc21. The van der Waals surface area contributed by atoms with E-state index in [-0.39, 0.29) is 11.8 Å². The van der Waals surface area contributed by atoms with Crippen molar-refractivity contribution in [3.8, 4) is 0 Å². The molecule has 1 aromatic rings. The topological polar surface area (TPSA) is 41.1 Å². The molecule has 0 saturated carbocycles. The summed E-state index contributed by atoms with van der Waals surface area (Å²) in [5, 5.41) is 6.62. The molecule has 2 atom stereocenters. The molecule has 0 aromatic heterocycles. The summed E-state index contributed by atoms with van der Waals surface area (Å²) in [6.07, 6.45) is 6.81. The summed E-state index contributed by atoms with van der Waals surface area (Å²) >= 11 is 0. The molecule has 1 aliphatic carbocycles. The molecule has 1 heterocycles. The first kappa shape index (κ1) is 13.6. The lowest BCUT2D eigenvalue weighted by Gasteiger charge is -2.24. The Hall–Kier alpha value is -1.35. The molecule has 1 aliphatic heterocycles. The van der Waals surface area contributed by atoms with Crippen LogP contribution in [-0.4, -0.2) is 25.0 Å². The van der Waals surface area contributed by atoms with E-state index in [2.05, 4.69) is 28.8 Å². The smallest absolute Gasteiger partial charge is 0.227 e. The molecule has 1 unspecified atom stereocenters. The van der Waals surface area contributed by atoms with Crippen LogP contribution in [0.4, 0.5) is 0 Å². The van der Waals surface area contributed by atoms with Crippen LogP contribution >= 0.6 is 0 Å². The second-order valence-corrected chi connectivity index (χ2v) is 6.02. The summed E-state index contributed by atoms with van der Waals surface area (Å²) in [6, 6.07) is 9.01.